The molecule has 0 unspecified atom stereocenters. The molecule has 0 bridgehead atoms. The molecule has 0 fully saturated rings. The average molecular weight is 463 g/mol. The molecule has 4 aromatic rings. The van der Waals surface area contributed by atoms with Gasteiger partial charge in [0.15, 0.2) is 0 Å². The molecule has 0 amide bonds. The van der Waals surface area contributed by atoms with Gasteiger partial charge in [-0.15, -0.1) is 0 Å². The van der Waals surface area contributed by atoms with Crippen molar-refractivity contribution in [3.05, 3.63) is 125 Å². The van der Waals surface area contributed by atoms with E-state index in [0.29, 0.717) is 33.9 Å². The number of rotatable bonds is 5. The maximum atomic E-state index is 14.4. The summed E-state index contributed by atoms with van der Waals surface area (Å²) >= 11 is 0. The van der Waals surface area contributed by atoms with Crippen LogP contribution in [0.5, 0.6) is 0 Å². The third-order valence-electron chi connectivity index (χ3n) is 5.78. The number of hydrogen-bond acceptors (Lipinski definition) is 4. The third-order valence-corrected chi connectivity index (χ3v) is 5.78. The van der Waals surface area contributed by atoms with Crippen LogP contribution < -0.4 is 0 Å². The van der Waals surface area contributed by atoms with E-state index in [-0.39, 0.29) is 11.1 Å². The fourth-order valence-corrected chi connectivity index (χ4v) is 3.85. The molecule has 0 atom stereocenters. The van der Waals surface area contributed by atoms with Crippen LogP contribution in [-0.2, 0) is 5.41 Å². The second kappa shape index (κ2) is 9.67. The van der Waals surface area contributed by atoms with Crippen molar-refractivity contribution >= 4 is 5.57 Å². The van der Waals surface area contributed by atoms with Gasteiger partial charge >= 0.3 is 0 Å². The molecule has 4 nitrogen and oxygen atoms in total. The van der Waals surface area contributed by atoms with E-state index in [1.807, 2.05) is 74.5 Å². The molecular formula is C29H20F2N4. The first kappa shape index (κ1) is 23.5. The minimum atomic E-state index is -0.705. The van der Waals surface area contributed by atoms with E-state index in [4.69, 9.17) is 4.98 Å². The molecule has 4 rings (SSSR count). The summed E-state index contributed by atoms with van der Waals surface area (Å²) in [6, 6.07) is 27.2. The largest absolute Gasteiger partial charge is 0.252 e. The Morgan fingerprint density at radius 2 is 1.43 bits per heavy atom. The molecule has 0 aliphatic carbocycles. The lowest BCUT2D eigenvalue weighted by atomic mass is 9.84. The first-order valence-corrected chi connectivity index (χ1v) is 10.9. The molecule has 0 radical (unpaired) electrons. The fraction of sp³-hybridized carbons (Fsp3) is 0.103. The predicted molar refractivity (Wildman–Crippen MR) is 130 cm³/mol. The third kappa shape index (κ3) is 4.69. The molecular weight excluding hydrogens is 442 g/mol. The Hall–Kier alpha value is -4.68. The number of aromatic nitrogens is 2. The number of hydrogen-bond donors (Lipinski definition) is 0. The second-order valence-electron chi connectivity index (χ2n) is 8.40. The molecule has 170 valence electrons. The second-order valence-corrected chi connectivity index (χ2v) is 8.40. The Morgan fingerprint density at radius 3 is 2.09 bits per heavy atom. The number of nitriles is 2. The Kier molecular flexibility index (Phi) is 6.48. The molecule has 2 aromatic carbocycles. The molecule has 0 saturated carbocycles. The standard InChI is InChI=1S/C29H20F2N4/c1-29(2,26-12-6-10-24(34-26)22-15-14-21(30)16-23(22)31)27-13-7-11-25(35-27)28(20(17-32)18-33)19-8-4-3-5-9-19/h3-16H,1-2H3. The lowest BCUT2D eigenvalue weighted by molar-refractivity contribution is 0.583. The van der Waals surface area contributed by atoms with Gasteiger partial charge in [0.05, 0.1) is 22.8 Å². The Labute approximate surface area is 202 Å². The smallest absolute Gasteiger partial charge is 0.139 e. The molecule has 2 aromatic heterocycles. The zero-order valence-corrected chi connectivity index (χ0v) is 19.1. The summed E-state index contributed by atoms with van der Waals surface area (Å²) in [5.74, 6) is -1.34. The van der Waals surface area contributed by atoms with Gasteiger partial charge in [-0.05, 0) is 55.8 Å². The SMILES string of the molecule is CC(C)(c1cccc(C(=C(C#N)C#N)c2ccccc2)n1)c1cccc(-c2ccc(F)cc2F)n1. The summed E-state index contributed by atoms with van der Waals surface area (Å²) in [4.78, 5) is 9.48. The van der Waals surface area contributed by atoms with Crippen LogP contribution in [0.2, 0.25) is 0 Å². The lowest BCUT2D eigenvalue weighted by Crippen LogP contribution is -2.23. The fourth-order valence-electron chi connectivity index (χ4n) is 3.85. The van der Waals surface area contributed by atoms with Crippen LogP contribution in [0.15, 0.2) is 90.5 Å². The van der Waals surface area contributed by atoms with Crippen molar-refractivity contribution < 1.29 is 8.78 Å². The van der Waals surface area contributed by atoms with Crippen molar-refractivity contribution in [3.63, 3.8) is 0 Å². The highest BCUT2D eigenvalue weighted by atomic mass is 19.1. The minimum Gasteiger partial charge on any atom is -0.252 e. The highest BCUT2D eigenvalue weighted by molar-refractivity contribution is 5.85. The maximum absolute atomic E-state index is 14.4. The van der Waals surface area contributed by atoms with Gasteiger partial charge in [-0.2, -0.15) is 10.5 Å². The van der Waals surface area contributed by atoms with Gasteiger partial charge in [-0.3, -0.25) is 9.97 Å². The van der Waals surface area contributed by atoms with Crippen LogP contribution in [0.25, 0.3) is 16.8 Å². The summed E-state index contributed by atoms with van der Waals surface area (Å²) in [6.45, 7) is 3.88. The van der Waals surface area contributed by atoms with Gasteiger partial charge in [0.1, 0.15) is 29.3 Å². The van der Waals surface area contributed by atoms with Gasteiger partial charge in [-0.25, -0.2) is 8.78 Å². The quantitative estimate of drug-likeness (QED) is 0.313. The summed E-state index contributed by atoms with van der Waals surface area (Å²) in [7, 11) is 0. The topological polar surface area (TPSA) is 73.4 Å². The molecule has 2 heterocycles. The monoisotopic (exact) mass is 462 g/mol. The number of pyridine rings is 2. The summed E-state index contributed by atoms with van der Waals surface area (Å²) < 4.78 is 27.8. The van der Waals surface area contributed by atoms with Crippen LogP contribution in [0.1, 0.15) is 36.5 Å². The van der Waals surface area contributed by atoms with Crippen molar-refractivity contribution in [1.82, 2.24) is 9.97 Å². The van der Waals surface area contributed by atoms with Crippen LogP contribution >= 0.6 is 0 Å². The van der Waals surface area contributed by atoms with Crippen molar-refractivity contribution in [3.8, 4) is 23.4 Å². The minimum absolute atomic E-state index is 0.0365. The van der Waals surface area contributed by atoms with Gasteiger partial charge < -0.3 is 0 Å². The molecule has 6 heteroatoms. The first-order chi connectivity index (χ1) is 16.8. The summed E-state index contributed by atoms with van der Waals surface area (Å²) in [5, 5.41) is 19.2. The Bertz CT molecular complexity index is 1490. The number of benzene rings is 2. The Morgan fingerprint density at radius 1 is 0.771 bits per heavy atom. The van der Waals surface area contributed by atoms with E-state index in [2.05, 4.69) is 4.98 Å². The van der Waals surface area contributed by atoms with E-state index < -0.39 is 17.0 Å². The molecule has 0 aliphatic heterocycles. The van der Waals surface area contributed by atoms with Crippen LogP contribution in [0.3, 0.4) is 0 Å². The van der Waals surface area contributed by atoms with E-state index >= 15 is 0 Å². The predicted octanol–water partition coefficient (Wildman–Crippen LogP) is 6.60. The molecule has 0 aliphatic rings. The Balaban J connectivity index is 1.81. The maximum Gasteiger partial charge on any atom is 0.139 e. The van der Waals surface area contributed by atoms with Crippen molar-refractivity contribution in [2.75, 3.05) is 0 Å². The first-order valence-electron chi connectivity index (χ1n) is 10.9. The van der Waals surface area contributed by atoms with E-state index in [1.54, 1.807) is 18.2 Å². The molecule has 0 saturated heterocycles. The molecule has 0 N–H and O–H groups in total. The van der Waals surface area contributed by atoms with Crippen molar-refractivity contribution in [2.24, 2.45) is 0 Å². The molecule has 0 spiro atoms. The van der Waals surface area contributed by atoms with E-state index in [1.165, 1.54) is 12.1 Å². The van der Waals surface area contributed by atoms with Crippen LogP contribution in [0, 0.1) is 34.3 Å². The zero-order valence-electron chi connectivity index (χ0n) is 19.1. The number of allylic oxidation sites excluding steroid dienone is 1. The van der Waals surface area contributed by atoms with Crippen molar-refractivity contribution in [1.29, 1.82) is 10.5 Å². The lowest BCUT2D eigenvalue weighted by Gasteiger charge is -2.25. The van der Waals surface area contributed by atoms with E-state index in [0.717, 1.165) is 6.07 Å². The summed E-state index contributed by atoms with van der Waals surface area (Å²) in [5.41, 5.74) is 2.77. The van der Waals surface area contributed by atoms with Gasteiger partial charge in [0.25, 0.3) is 0 Å². The van der Waals surface area contributed by atoms with Crippen LogP contribution in [0.4, 0.5) is 8.78 Å². The van der Waals surface area contributed by atoms with Crippen molar-refractivity contribution in [2.45, 2.75) is 19.3 Å². The highest BCUT2D eigenvalue weighted by Crippen LogP contribution is 2.33. The molecule has 35 heavy (non-hydrogen) atoms. The van der Waals surface area contributed by atoms with Gasteiger partial charge in [0.2, 0.25) is 0 Å². The summed E-state index contributed by atoms with van der Waals surface area (Å²) in [6.07, 6.45) is 0. The number of nitrogens with zero attached hydrogens (tertiary/aromatic N) is 4. The highest BCUT2D eigenvalue weighted by Gasteiger charge is 2.28. The normalized spacial score (nSPS) is 10.8. The zero-order chi connectivity index (χ0) is 25.0. The van der Waals surface area contributed by atoms with Crippen LogP contribution in [-0.4, -0.2) is 9.97 Å². The average Bonchev–Trinajstić information content (AvgIpc) is 2.88. The number of halogens is 2. The van der Waals surface area contributed by atoms with E-state index in [9.17, 15) is 19.3 Å². The van der Waals surface area contributed by atoms with Gasteiger partial charge in [-0.1, -0.05) is 42.5 Å². The van der Waals surface area contributed by atoms with Gasteiger partial charge in [0, 0.05) is 22.6 Å².